The lowest BCUT2D eigenvalue weighted by atomic mass is 9.89. The monoisotopic (exact) mass is 260 g/mol. The Morgan fingerprint density at radius 1 is 1.32 bits per heavy atom. The van der Waals surface area contributed by atoms with Crippen molar-refractivity contribution in [1.29, 1.82) is 0 Å². The second-order valence-corrected chi connectivity index (χ2v) is 5.39. The highest BCUT2D eigenvalue weighted by Crippen LogP contribution is 2.29. The average molecular weight is 260 g/mol. The number of phenolic OH excluding ortho intramolecular Hbond substituents is 1. The third-order valence-corrected chi connectivity index (χ3v) is 2.78. The molecule has 0 aliphatic heterocycles. The Morgan fingerprint density at radius 2 is 2.00 bits per heavy atom. The van der Waals surface area contributed by atoms with E-state index in [4.69, 9.17) is 0 Å². The highest BCUT2D eigenvalue weighted by atomic mass is 16.4. The summed E-state index contributed by atoms with van der Waals surface area (Å²) in [7, 11) is 0. The van der Waals surface area contributed by atoms with Crippen LogP contribution in [0, 0.1) is 0 Å². The van der Waals surface area contributed by atoms with Gasteiger partial charge in [0.25, 0.3) is 0 Å². The van der Waals surface area contributed by atoms with Crippen molar-refractivity contribution in [3.8, 4) is 11.4 Å². The summed E-state index contributed by atoms with van der Waals surface area (Å²) in [6, 6.07) is 6.57. The van der Waals surface area contributed by atoms with E-state index < -0.39 is 5.97 Å². The highest BCUT2D eigenvalue weighted by molar-refractivity contribution is 5.89. The normalized spacial score (nSPS) is 11.5. The number of carboxylic acid groups (broad SMARTS) is 1. The van der Waals surface area contributed by atoms with Crippen molar-refractivity contribution in [1.82, 2.24) is 9.78 Å². The maximum absolute atomic E-state index is 11.3. The summed E-state index contributed by atoms with van der Waals surface area (Å²) in [5.41, 5.74) is 1.04. The molecule has 0 fully saturated rings. The summed E-state index contributed by atoms with van der Waals surface area (Å²) in [6.45, 7) is 5.78. The number of aromatic carboxylic acids is 1. The van der Waals surface area contributed by atoms with Gasteiger partial charge in [-0.05, 0) is 12.1 Å². The van der Waals surface area contributed by atoms with Gasteiger partial charge in [0.15, 0.2) is 0 Å². The number of hydrogen-bond acceptors (Lipinski definition) is 3. The Hall–Kier alpha value is -2.30. The molecule has 5 nitrogen and oxygen atoms in total. The molecule has 100 valence electrons. The zero-order valence-electron chi connectivity index (χ0n) is 11.1. The predicted octanol–water partition coefficient (Wildman–Crippen LogP) is 2.57. The molecule has 2 aromatic rings. The number of carbonyl (C=O) groups is 1. The van der Waals surface area contributed by atoms with Crippen LogP contribution in [0.3, 0.4) is 0 Å². The molecule has 0 atom stereocenters. The first-order valence-corrected chi connectivity index (χ1v) is 5.92. The van der Waals surface area contributed by atoms with Gasteiger partial charge >= 0.3 is 5.97 Å². The van der Waals surface area contributed by atoms with Gasteiger partial charge in [-0.3, -0.25) is 0 Å². The largest absolute Gasteiger partial charge is 0.508 e. The van der Waals surface area contributed by atoms with Crippen molar-refractivity contribution in [3.63, 3.8) is 0 Å². The molecule has 2 N–H and O–H groups in total. The van der Waals surface area contributed by atoms with Gasteiger partial charge in [0.1, 0.15) is 11.3 Å². The first kappa shape index (κ1) is 13.1. The minimum atomic E-state index is -1.00. The van der Waals surface area contributed by atoms with Crippen molar-refractivity contribution in [2.45, 2.75) is 26.2 Å². The maximum Gasteiger partial charge on any atom is 0.339 e. The van der Waals surface area contributed by atoms with Crippen LogP contribution in [0.5, 0.6) is 5.75 Å². The minimum Gasteiger partial charge on any atom is -0.508 e. The molecule has 2 rings (SSSR count). The number of hydrogen-bond donors (Lipinski definition) is 2. The van der Waals surface area contributed by atoms with Crippen molar-refractivity contribution in [2.24, 2.45) is 0 Å². The van der Waals surface area contributed by atoms with Crippen LogP contribution in [-0.4, -0.2) is 26.0 Å². The van der Waals surface area contributed by atoms with E-state index in [9.17, 15) is 15.0 Å². The summed E-state index contributed by atoms with van der Waals surface area (Å²) in [4.78, 5) is 11.3. The first-order valence-electron chi connectivity index (χ1n) is 5.92. The fourth-order valence-electron chi connectivity index (χ4n) is 2.05. The van der Waals surface area contributed by atoms with Crippen LogP contribution >= 0.6 is 0 Å². The zero-order valence-corrected chi connectivity index (χ0v) is 11.1. The molecule has 0 unspecified atom stereocenters. The van der Waals surface area contributed by atoms with Crippen molar-refractivity contribution in [3.05, 3.63) is 41.7 Å². The molecule has 0 amide bonds. The molecule has 1 aromatic heterocycles. The summed E-state index contributed by atoms with van der Waals surface area (Å²) in [5.74, 6) is -0.888. The fraction of sp³-hybridized carbons (Fsp3) is 0.286. The number of carboxylic acids is 1. The van der Waals surface area contributed by atoms with E-state index in [-0.39, 0.29) is 16.7 Å². The fourth-order valence-corrected chi connectivity index (χ4v) is 2.05. The number of benzene rings is 1. The molecule has 0 saturated carbocycles. The number of rotatable bonds is 2. The van der Waals surface area contributed by atoms with Crippen molar-refractivity contribution in [2.75, 3.05) is 0 Å². The van der Waals surface area contributed by atoms with Crippen LogP contribution in [0.1, 0.15) is 36.8 Å². The van der Waals surface area contributed by atoms with E-state index in [2.05, 4.69) is 5.10 Å². The first-order chi connectivity index (χ1) is 8.80. The van der Waals surface area contributed by atoms with Gasteiger partial charge < -0.3 is 10.2 Å². The predicted molar refractivity (Wildman–Crippen MR) is 70.9 cm³/mol. The Balaban J connectivity index is 2.68. The second kappa shape index (κ2) is 4.42. The SMILES string of the molecule is CC(C)(C)c1c(C(=O)O)cnn1-c1cccc(O)c1. The summed E-state index contributed by atoms with van der Waals surface area (Å²) in [5, 5.41) is 22.9. The Morgan fingerprint density at radius 3 is 2.53 bits per heavy atom. The molecule has 0 saturated heterocycles. The van der Waals surface area contributed by atoms with E-state index in [1.54, 1.807) is 28.9 Å². The number of phenols is 1. The average Bonchev–Trinajstić information content (AvgIpc) is 2.73. The lowest BCUT2D eigenvalue weighted by Crippen LogP contribution is -2.21. The van der Waals surface area contributed by atoms with Crippen molar-refractivity contribution >= 4 is 5.97 Å². The number of nitrogens with zero attached hydrogens (tertiary/aromatic N) is 2. The van der Waals surface area contributed by atoms with E-state index in [1.807, 2.05) is 20.8 Å². The van der Waals surface area contributed by atoms with Crippen LogP contribution in [-0.2, 0) is 5.41 Å². The van der Waals surface area contributed by atoms with E-state index in [0.717, 1.165) is 0 Å². The molecule has 0 aliphatic carbocycles. The Bertz CT molecular complexity index is 624. The topological polar surface area (TPSA) is 75.3 Å². The Kier molecular flexibility index (Phi) is 3.06. The molecular weight excluding hydrogens is 244 g/mol. The maximum atomic E-state index is 11.3. The Labute approximate surface area is 111 Å². The highest BCUT2D eigenvalue weighted by Gasteiger charge is 2.27. The van der Waals surface area contributed by atoms with E-state index >= 15 is 0 Å². The number of aromatic nitrogens is 2. The molecule has 0 aliphatic rings. The third-order valence-electron chi connectivity index (χ3n) is 2.78. The van der Waals surface area contributed by atoms with Crippen LogP contribution in [0.25, 0.3) is 5.69 Å². The summed E-state index contributed by atoms with van der Waals surface area (Å²) in [6.07, 6.45) is 1.34. The minimum absolute atomic E-state index is 0.115. The quantitative estimate of drug-likeness (QED) is 0.870. The van der Waals surface area contributed by atoms with E-state index in [0.29, 0.717) is 11.4 Å². The summed E-state index contributed by atoms with van der Waals surface area (Å²) >= 11 is 0. The summed E-state index contributed by atoms with van der Waals surface area (Å²) < 4.78 is 1.56. The molecule has 0 bridgehead atoms. The smallest absolute Gasteiger partial charge is 0.339 e. The lowest BCUT2D eigenvalue weighted by molar-refractivity contribution is 0.0694. The van der Waals surface area contributed by atoms with Gasteiger partial charge in [0, 0.05) is 11.5 Å². The molecular formula is C14H16N2O3. The zero-order chi connectivity index (χ0) is 14.2. The van der Waals surface area contributed by atoms with Crippen LogP contribution < -0.4 is 0 Å². The molecule has 1 aromatic carbocycles. The van der Waals surface area contributed by atoms with Crippen molar-refractivity contribution < 1.29 is 15.0 Å². The lowest BCUT2D eigenvalue weighted by Gasteiger charge is -2.21. The van der Waals surface area contributed by atoms with Crippen LogP contribution in [0.4, 0.5) is 0 Å². The molecule has 19 heavy (non-hydrogen) atoms. The molecule has 0 radical (unpaired) electrons. The van der Waals surface area contributed by atoms with Crippen LogP contribution in [0.15, 0.2) is 30.5 Å². The van der Waals surface area contributed by atoms with Gasteiger partial charge in [-0.1, -0.05) is 26.8 Å². The van der Waals surface area contributed by atoms with Gasteiger partial charge in [0.2, 0.25) is 0 Å². The van der Waals surface area contributed by atoms with E-state index in [1.165, 1.54) is 6.20 Å². The van der Waals surface area contributed by atoms with Gasteiger partial charge in [-0.2, -0.15) is 5.10 Å². The van der Waals surface area contributed by atoms with Gasteiger partial charge in [-0.15, -0.1) is 0 Å². The third kappa shape index (κ3) is 2.45. The molecule has 0 spiro atoms. The standard InChI is InChI=1S/C14H16N2O3/c1-14(2,3)12-11(13(18)19)8-15-16(12)9-5-4-6-10(17)7-9/h4-8,17H,1-3H3,(H,18,19). The van der Waals surface area contributed by atoms with Crippen LogP contribution in [0.2, 0.25) is 0 Å². The van der Waals surface area contributed by atoms with Gasteiger partial charge in [0.05, 0.1) is 17.6 Å². The second-order valence-electron chi connectivity index (χ2n) is 5.39. The van der Waals surface area contributed by atoms with Gasteiger partial charge in [-0.25, -0.2) is 9.48 Å². The number of aromatic hydroxyl groups is 1. The molecule has 5 heteroatoms. The molecule has 1 heterocycles.